The molecular weight excluding hydrogens is 290 g/mol. The number of hydrogen-bond acceptors (Lipinski definition) is 3. The van der Waals surface area contributed by atoms with Crippen LogP contribution in [0.15, 0.2) is 60.7 Å². The molecule has 0 radical (unpaired) electrons. The van der Waals surface area contributed by atoms with Gasteiger partial charge in [-0.3, -0.25) is 14.5 Å². The van der Waals surface area contributed by atoms with Crippen molar-refractivity contribution in [3.05, 3.63) is 71.8 Å². The van der Waals surface area contributed by atoms with E-state index in [0.717, 1.165) is 11.1 Å². The smallest absolute Gasteiger partial charge is 0.258 e. The number of ether oxygens (including phenoxy) is 1. The molecule has 0 N–H and O–H groups in total. The van der Waals surface area contributed by atoms with E-state index in [0.29, 0.717) is 26.0 Å². The number of carbonyl (C=O) groups excluding carboxylic acids is 2. The molecule has 4 heteroatoms. The summed E-state index contributed by atoms with van der Waals surface area (Å²) in [5, 5.41) is 0. The Labute approximate surface area is 135 Å². The lowest BCUT2D eigenvalue weighted by molar-refractivity contribution is -0.160. The van der Waals surface area contributed by atoms with Crippen molar-refractivity contribution >= 4 is 11.8 Å². The van der Waals surface area contributed by atoms with Crippen molar-refractivity contribution in [2.24, 2.45) is 0 Å². The Morgan fingerprint density at radius 3 is 2.17 bits per heavy atom. The molecule has 0 aromatic heterocycles. The Kier molecular flexibility index (Phi) is 4.83. The number of nitrogens with zero attached hydrogens (tertiary/aromatic N) is 1. The molecule has 0 unspecified atom stereocenters. The van der Waals surface area contributed by atoms with E-state index in [-0.39, 0.29) is 11.8 Å². The van der Waals surface area contributed by atoms with Crippen LogP contribution in [0.3, 0.4) is 0 Å². The lowest BCUT2D eigenvalue weighted by atomic mass is 10.1. The number of rotatable bonds is 5. The minimum Gasteiger partial charge on any atom is -0.364 e. The highest BCUT2D eigenvalue weighted by atomic mass is 16.5. The van der Waals surface area contributed by atoms with E-state index < -0.39 is 6.10 Å². The van der Waals surface area contributed by atoms with Gasteiger partial charge in [0.05, 0.1) is 13.2 Å². The Hall–Kier alpha value is -2.46. The highest BCUT2D eigenvalue weighted by Gasteiger charge is 2.34. The largest absolute Gasteiger partial charge is 0.364 e. The summed E-state index contributed by atoms with van der Waals surface area (Å²) in [4.78, 5) is 25.9. The van der Waals surface area contributed by atoms with Crippen LogP contribution >= 0.6 is 0 Å². The number of carbonyl (C=O) groups is 2. The first-order chi connectivity index (χ1) is 11.2. The van der Waals surface area contributed by atoms with Crippen LogP contribution in [0.5, 0.6) is 0 Å². The van der Waals surface area contributed by atoms with Crippen LogP contribution in [0, 0.1) is 0 Å². The van der Waals surface area contributed by atoms with Crippen molar-refractivity contribution in [2.45, 2.75) is 32.1 Å². The van der Waals surface area contributed by atoms with Gasteiger partial charge in [-0.25, -0.2) is 0 Å². The highest BCUT2D eigenvalue weighted by molar-refractivity contribution is 5.99. The second-order valence-corrected chi connectivity index (χ2v) is 5.63. The van der Waals surface area contributed by atoms with E-state index in [1.54, 1.807) is 0 Å². The number of amides is 2. The van der Waals surface area contributed by atoms with Gasteiger partial charge in [0.1, 0.15) is 6.10 Å². The molecule has 1 heterocycles. The van der Waals surface area contributed by atoms with Gasteiger partial charge in [0.2, 0.25) is 5.91 Å². The molecule has 118 valence electrons. The molecular formula is C19H19NO3. The average Bonchev–Trinajstić information content (AvgIpc) is 2.60. The second-order valence-electron chi connectivity index (χ2n) is 5.63. The molecule has 0 saturated carbocycles. The van der Waals surface area contributed by atoms with E-state index in [1.165, 1.54) is 4.90 Å². The number of likely N-dealkylation sites (tertiary alicyclic amines) is 1. The van der Waals surface area contributed by atoms with Crippen LogP contribution in [0.1, 0.15) is 24.0 Å². The molecule has 1 saturated heterocycles. The van der Waals surface area contributed by atoms with Crippen LogP contribution < -0.4 is 0 Å². The van der Waals surface area contributed by atoms with Gasteiger partial charge in [0, 0.05) is 6.42 Å². The minimum absolute atomic E-state index is 0.126. The molecule has 0 spiro atoms. The van der Waals surface area contributed by atoms with Crippen LogP contribution in [0.4, 0.5) is 0 Å². The van der Waals surface area contributed by atoms with E-state index in [2.05, 4.69) is 0 Å². The summed E-state index contributed by atoms with van der Waals surface area (Å²) in [7, 11) is 0. The zero-order valence-corrected chi connectivity index (χ0v) is 12.9. The SMILES string of the molecule is O=C1CC[C@@H](OCc2ccccc2)C(=O)N1Cc1ccccc1. The summed E-state index contributed by atoms with van der Waals surface area (Å²) >= 11 is 0. The van der Waals surface area contributed by atoms with Gasteiger partial charge < -0.3 is 4.74 Å². The van der Waals surface area contributed by atoms with Gasteiger partial charge in [-0.05, 0) is 17.5 Å². The Bertz CT molecular complexity index is 670. The molecule has 0 aliphatic carbocycles. The van der Waals surface area contributed by atoms with Gasteiger partial charge in [-0.15, -0.1) is 0 Å². The van der Waals surface area contributed by atoms with Crippen molar-refractivity contribution < 1.29 is 14.3 Å². The molecule has 2 aromatic carbocycles. The third-order valence-corrected chi connectivity index (χ3v) is 3.94. The Morgan fingerprint density at radius 2 is 1.52 bits per heavy atom. The van der Waals surface area contributed by atoms with E-state index in [1.807, 2.05) is 60.7 Å². The fraction of sp³-hybridized carbons (Fsp3) is 0.263. The Balaban J connectivity index is 1.64. The zero-order chi connectivity index (χ0) is 16.1. The van der Waals surface area contributed by atoms with Crippen LogP contribution in [-0.2, 0) is 27.5 Å². The number of imide groups is 1. The normalized spacial score (nSPS) is 18.3. The molecule has 2 amide bonds. The first kappa shape index (κ1) is 15.4. The summed E-state index contributed by atoms with van der Waals surface area (Å²) in [5.74, 6) is -0.362. The van der Waals surface area contributed by atoms with Crippen molar-refractivity contribution in [1.82, 2.24) is 4.90 Å². The van der Waals surface area contributed by atoms with Gasteiger partial charge in [0.15, 0.2) is 0 Å². The molecule has 2 aromatic rings. The summed E-state index contributed by atoms with van der Waals surface area (Å²) in [5.41, 5.74) is 1.96. The fourth-order valence-electron chi connectivity index (χ4n) is 2.67. The second kappa shape index (κ2) is 7.20. The Morgan fingerprint density at radius 1 is 0.913 bits per heavy atom. The molecule has 23 heavy (non-hydrogen) atoms. The van der Waals surface area contributed by atoms with Gasteiger partial charge in [-0.1, -0.05) is 60.7 Å². The van der Waals surface area contributed by atoms with Crippen molar-refractivity contribution in [1.29, 1.82) is 0 Å². The lowest BCUT2D eigenvalue weighted by Crippen LogP contribution is -2.48. The van der Waals surface area contributed by atoms with E-state index in [4.69, 9.17) is 4.74 Å². The molecule has 1 atom stereocenters. The van der Waals surface area contributed by atoms with Crippen molar-refractivity contribution in [2.75, 3.05) is 0 Å². The van der Waals surface area contributed by atoms with Gasteiger partial charge >= 0.3 is 0 Å². The lowest BCUT2D eigenvalue weighted by Gasteiger charge is -2.30. The molecule has 1 aliphatic rings. The van der Waals surface area contributed by atoms with Crippen LogP contribution in [0.2, 0.25) is 0 Å². The van der Waals surface area contributed by atoms with Crippen LogP contribution in [0.25, 0.3) is 0 Å². The van der Waals surface area contributed by atoms with Crippen molar-refractivity contribution in [3.8, 4) is 0 Å². The van der Waals surface area contributed by atoms with Gasteiger partial charge in [-0.2, -0.15) is 0 Å². The maximum atomic E-state index is 12.5. The van der Waals surface area contributed by atoms with E-state index >= 15 is 0 Å². The maximum Gasteiger partial charge on any atom is 0.258 e. The van der Waals surface area contributed by atoms with E-state index in [9.17, 15) is 9.59 Å². The number of hydrogen-bond donors (Lipinski definition) is 0. The predicted octanol–water partition coefficient (Wildman–Crippen LogP) is 2.92. The third kappa shape index (κ3) is 3.85. The fourth-order valence-corrected chi connectivity index (χ4v) is 2.67. The van der Waals surface area contributed by atoms with Crippen molar-refractivity contribution in [3.63, 3.8) is 0 Å². The molecule has 3 rings (SSSR count). The molecule has 1 fully saturated rings. The summed E-state index contributed by atoms with van der Waals surface area (Å²) in [6.45, 7) is 0.689. The number of benzene rings is 2. The maximum absolute atomic E-state index is 12.5. The first-order valence-electron chi connectivity index (χ1n) is 7.78. The quantitative estimate of drug-likeness (QED) is 0.798. The first-order valence-corrected chi connectivity index (χ1v) is 7.78. The monoisotopic (exact) mass is 309 g/mol. The average molecular weight is 309 g/mol. The summed E-state index contributed by atoms with van der Waals surface area (Å²) in [6.07, 6.45) is 0.255. The summed E-state index contributed by atoms with van der Waals surface area (Å²) < 4.78 is 5.75. The highest BCUT2D eigenvalue weighted by Crippen LogP contribution is 2.20. The minimum atomic E-state index is -0.545. The molecule has 4 nitrogen and oxygen atoms in total. The van der Waals surface area contributed by atoms with Gasteiger partial charge in [0.25, 0.3) is 5.91 Å². The summed E-state index contributed by atoms with van der Waals surface area (Å²) in [6, 6.07) is 19.3. The topological polar surface area (TPSA) is 46.6 Å². The third-order valence-electron chi connectivity index (χ3n) is 3.94. The number of piperidine rings is 1. The van der Waals surface area contributed by atoms with Crippen LogP contribution in [-0.4, -0.2) is 22.8 Å². The standard InChI is InChI=1S/C19H19NO3/c21-18-12-11-17(23-14-16-9-5-2-6-10-16)19(22)20(18)13-15-7-3-1-4-8-15/h1-10,17H,11-14H2/t17-/m1/s1. The molecule has 1 aliphatic heterocycles. The predicted molar refractivity (Wildman–Crippen MR) is 86.3 cm³/mol. The molecule has 0 bridgehead atoms. The zero-order valence-electron chi connectivity index (χ0n) is 12.9.